The molecular weight excluding hydrogens is 290 g/mol. The van der Waals surface area contributed by atoms with Crippen LogP contribution in [0, 0.1) is 10.1 Å². The van der Waals surface area contributed by atoms with Crippen LogP contribution < -0.4 is 9.47 Å². The maximum atomic E-state index is 10.6. The van der Waals surface area contributed by atoms with Crippen LogP contribution in [0.2, 0.25) is 5.15 Å². The van der Waals surface area contributed by atoms with Crippen molar-refractivity contribution >= 4 is 17.4 Å². The van der Waals surface area contributed by atoms with E-state index in [1.165, 1.54) is 23.0 Å². The Kier molecular flexibility index (Phi) is 3.11. The van der Waals surface area contributed by atoms with Crippen LogP contribution in [0.15, 0.2) is 18.5 Å². The van der Waals surface area contributed by atoms with E-state index in [1.54, 1.807) is 0 Å². The highest BCUT2D eigenvalue weighted by Crippen LogP contribution is 2.22. The molecule has 0 fully saturated rings. The molecule has 0 N–H and O–H groups in total. The first-order valence-corrected chi connectivity index (χ1v) is 5.99. The molecule has 2 aromatic rings. The summed E-state index contributed by atoms with van der Waals surface area (Å²) >= 11 is 5.73. The van der Waals surface area contributed by atoms with Gasteiger partial charge in [-0.3, -0.25) is 4.57 Å². The lowest BCUT2D eigenvalue weighted by atomic mass is 10.3. The van der Waals surface area contributed by atoms with Crippen molar-refractivity contribution in [3.63, 3.8) is 0 Å². The molecule has 2 aromatic heterocycles. The normalized spacial score (nSPS) is 17.1. The second kappa shape index (κ2) is 4.93. The Morgan fingerprint density at radius 1 is 1.55 bits per heavy atom. The zero-order valence-corrected chi connectivity index (χ0v) is 10.7. The molecule has 10 heteroatoms. The van der Waals surface area contributed by atoms with Crippen molar-refractivity contribution in [1.29, 1.82) is 0 Å². The van der Waals surface area contributed by atoms with E-state index in [0.717, 1.165) is 0 Å². The van der Waals surface area contributed by atoms with Crippen LogP contribution in [0.25, 0.3) is 0 Å². The van der Waals surface area contributed by atoms with Gasteiger partial charge in [-0.15, -0.1) is 0 Å². The number of hydrogen-bond donors (Lipinski definition) is 0. The summed E-state index contributed by atoms with van der Waals surface area (Å²) in [5.41, 5.74) is 0. The average Bonchev–Trinajstić information content (AvgIpc) is 2.82. The zero-order chi connectivity index (χ0) is 14.1. The molecule has 1 aliphatic rings. The van der Waals surface area contributed by atoms with Crippen molar-refractivity contribution in [3.8, 4) is 12.0 Å². The molecule has 3 heterocycles. The molecule has 104 valence electrons. The van der Waals surface area contributed by atoms with E-state index < -0.39 is 4.92 Å². The Balaban J connectivity index is 1.73. The maximum absolute atomic E-state index is 10.6. The van der Waals surface area contributed by atoms with Gasteiger partial charge in [-0.2, -0.15) is 4.98 Å². The monoisotopic (exact) mass is 297 g/mol. The van der Waals surface area contributed by atoms with Gasteiger partial charge in [0.25, 0.3) is 0 Å². The standard InChI is InChI=1S/C10H8ClN5O4/c11-7-1-2-12-9(13-7)20-6-3-15-4-8(16(17)18)14-10(15)19-5-6/h1-2,4,6H,3,5H2. The van der Waals surface area contributed by atoms with Gasteiger partial charge >= 0.3 is 17.8 Å². The van der Waals surface area contributed by atoms with Crippen LogP contribution >= 0.6 is 11.6 Å². The number of nitro groups is 1. The predicted octanol–water partition coefficient (Wildman–Crippen LogP) is 1.07. The Bertz CT molecular complexity index is 661. The van der Waals surface area contributed by atoms with Crippen molar-refractivity contribution in [2.24, 2.45) is 0 Å². The van der Waals surface area contributed by atoms with Crippen LogP contribution in [0.5, 0.6) is 12.0 Å². The van der Waals surface area contributed by atoms with Crippen LogP contribution in [0.1, 0.15) is 0 Å². The van der Waals surface area contributed by atoms with Crippen molar-refractivity contribution in [2.45, 2.75) is 12.6 Å². The summed E-state index contributed by atoms with van der Waals surface area (Å²) in [4.78, 5) is 21.6. The van der Waals surface area contributed by atoms with E-state index in [4.69, 9.17) is 21.1 Å². The molecule has 0 amide bonds. The van der Waals surface area contributed by atoms with Crippen molar-refractivity contribution in [1.82, 2.24) is 19.5 Å². The van der Waals surface area contributed by atoms with E-state index in [0.29, 0.717) is 6.54 Å². The number of rotatable bonds is 3. The second-order valence-electron chi connectivity index (χ2n) is 4.00. The van der Waals surface area contributed by atoms with E-state index in [1.807, 2.05) is 0 Å². The number of fused-ring (bicyclic) bond motifs is 1. The number of imidazole rings is 1. The lowest BCUT2D eigenvalue weighted by Crippen LogP contribution is -2.34. The number of aromatic nitrogens is 4. The zero-order valence-electron chi connectivity index (χ0n) is 9.97. The highest BCUT2D eigenvalue weighted by molar-refractivity contribution is 6.29. The van der Waals surface area contributed by atoms with Gasteiger partial charge in [-0.05, 0) is 11.0 Å². The summed E-state index contributed by atoms with van der Waals surface area (Å²) < 4.78 is 12.3. The minimum absolute atomic E-state index is 0.129. The summed E-state index contributed by atoms with van der Waals surface area (Å²) in [5.74, 6) is -0.264. The molecule has 3 rings (SSSR count). The third-order valence-corrected chi connectivity index (χ3v) is 2.79. The Morgan fingerprint density at radius 2 is 2.40 bits per heavy atom. The summed E-state index contributed by atoms with van der Waals surface area (Å²) in [6.45, 7) is 0.552. The number of halogens is 1. The predicted molar refractivity (Wildman–Crippen MR) is 65.8 cm³/mol. The molecule has 1 aliphatic heterocycles. The van der Waals surface area contributed by atoms with Gasteiger partial charge in [0.1, 0.15) is 18.0 Å². The molecule has 20 heavy (non-hydrogen) atoms. The van der Waals surface area contributed by atoms with Crippen molar-refractivity contribution in [2.75, 3.05) is 6.61 Å². The van der Waals surface area contributed by atoms with Gasteiger partial charge in [0, 0.05) is 11.2 Å². The minimum Gasteiger partial charge on any atom is -0.455 e. The third-order valence-electron chi connectivity index (χ3n) is 2.58. The van der Waals surface area contributed by atoms with Crippen molar-refractivity contribution in [3.05, 3.63) is 33.7 Å². The Morgan fingerprint density at radius 3 is 3.15 bits per heavy atom. The minimum atomic E-state index is -0.579. The lowest BCUT2D eigenvalue weighted by Gasteiger charge is -2.21. The van der Waals surface area contributed by atoms with Gasteiger partial charge in [-0.25, -0.2) is 4.98 Å². The number of hydrogen-bond acceptors (Lipinski definition) is 7. The Labute approximate surface area is 117 Å². The molecule has 0 bridgehead atoms. The van der Waals surface area contributed by atoms with Gasteiger partial charge < -0.3 is 19.6 Å². The SMILES string of the molecule is O=[N+]([O-])c1cn2c(n1)OCC(Oc1nccc(Cl)n1)C2. The first-order valence-electron chi connectivity index (χ1n) is 5.61. The molecule has 1 unspecified atom stereocenters. The lowest BCUT2D eigenvalue weighted by molar-refractivity contribution is -0.389. The van der Waals surface area contributed by atoms with E-state index in [2.05, 4.69) is 15.0 Å². The van der Waals surface area contributed by atoms with Gasteiger partial charge in [0.15, 0.2) is 6.10 Å². The fourth-order valence-corrected chi connectivity index (χ4v) is 1.89. The third kappa shape index (κ3) is 2.48. The number of nitrogens with zero attached hydrogens (tertiary/aromatic N) is 5. The summed E-state index contributed by atoms with van der Waals surface area (Å²) in [7, 11) is 0. The van der Waals surface area contributed by atoms with Gasteiger partial charge in [0.2, 0.25) is 0 Å². The molecule has 0 aliphatic carbocycles. The smallest absolute Gasteiger partial charge is 0.414 e. The molecule has 0 saturated heterocycles. The fourth-order valence-electron chi connectivity index (χ4n) is 1.76. The van der Waals surface area contributed by atoms with Gasteiger partial charge in [0.05, 0.1) is 6.54 Å². The highest BCUT2D eigenvalue weighted by Gasteiger charge is 2.29. The highest BCUT2D eigenvalue weighted by atomic mass is 35.5. The molecule has 0 saturated carbocycles. The van der Waals surface area contributed by atoms with Crippen LogP contribution in [0.4, 0.5) is 5.82 Å². The number of ether oxygens (including phenoxy) is 2. The Hall–Kier alpha value is -2.42. The van der Waals surface area contributed by atoms with Crippen LogP contribution in [-0.2, 0) is 6.54 Å². The molecule has 0 radical (unpaired) electrons. The second-order valence-corrected chi connectivity index (χ2v) is 4.39. The maximum Gasteiger partial charge on any atom is 0.414 e. The van der Waals surface area contributed by atoms with Gasteiger partial charge in [-0.1, -0.05) is 11.6 Å². The van der Waals surface area contributed by atoms with E-state index in [9.17, 15) is 10.1 Å². The van der Waals surface area contributed by atoms with Crippen LogP contribution in [-0.4, -0.2) is 37.2 Å². The fraction of sp³-hybridized carbons (Fsp3) is 0.300. The summed E-state index contributed by atoms with van der Waals surface area (Å²) in [6.07, 6.45) is 2.39. The topological polar surface area (TPSA) is 105 Å². The molecule has 1 atom stereocenters. The molecule has 0 aromatic carbocycles. The van der Waals surface area contributed by atoms with Crippen LogP contribution in [0.3, 0.4) is 0 Å². The largest absolute Gasteiger partial charge is 0.455 e. The van der Waals surface area contributed by atoms with Crippen molar-refractivity contribution < 1.29 is 14.4 Å². The van der Waals surface area contributed by atoms with E-state index >= 15 is 0 Å². The molecule has 9 nitrogen and oxygen atoms in total. The summed E-state index contributed by atoms with van der Waals surface area (Å²) in [6, 6.07) is 1.86. The first-order chi connectivity index (χ1) is 9.61. The van der Waals surface area contributed by atoms with E-state index in [-0.39, 0.29) is 35.7 Å². The quantitative estimate of drug-likeness (QED) is 0.474. The summed E-state index contributed by atoms with van der Waals surface area (Å²) in [5, 5.41) is 10.9. The first kappa shape index (κ1) is 12.6. The molecular formula is C10H8ClN5O4. The molecule has 0 spiro atoms. The average molecular weight is 298 g/mol.